The van der Waals surface area contributed by atoms with Crippen LogP contribution in [0.5, 0.6) is 0 Å². The third-order valence-corrected chi connectivity index (χ3v) is 5.39. The molecule has 10 heteroatoms. The number of aliphatic hydroxyl groups is 1. The Morgan fingerprint density at radius 3 is 2.68 bits per heavy atom. The van der Waals surface area contributed by atoms with Crippen molar-refractivity contribution < 1.29 is 5.11 Å². The summed E-state index contributed by atoms with van der Waals surface area (Å²) in [6.45, 7) is 3.74. The number of pyridine rings is 1. The number of nitrogens with zero attached hydrogens (tertiary/aromatic N) is 8. The Morgan fingerprint density at radius 2 is 1.94 bits per heavy atom. The topological polar surface area (TPSA) is 130 Å². The number of aryl methyl sites for hydroxylation is 2. The Labute approximate surface area is 195 Å². The van der Waals surface area contributed by atoms with Gasteiger partial charge < -0.3 is 10.4 Å². The third kappa shape index (κ3) is 3.96. The molecule has 0 radical (unpaired) electrons. The molecule has 0 aliphatic heterocycles. The molecule has 0 spiro atoms. The first-order valence-electron chi connectivity index (χ1n) is 10.7. The quantitative estimate of drug-likeness (QED) is 0.403. The molecule has 34 heavy (non-hydrogen) atoms. The maximum Gasteiger partial charge on any atom is 0.163 e. The Balaban J connectivity index is 1.53. The van der Waals surface area contributed by atoms with Crippen LogP contribution < -0.4 is 5.32 Å². The predicted molar refractivity (Wildman–Crippen MR) is 126 cm³/mol. The van der Waals surface area contributed by atoms with Crippen molar-refractivity contribution >= 4 is 22.5 Å². The first kappa shape index (κ1) is 21.2. The number of fused-ring (bicyclic) bond motifs is 1. The highest BCUT2D eigenvalue weighted by Crippen LogP contribution is 2.24. The number of nitrogens with one attached hydrogen (secondary N) is 1. The Hall–Kier alpha value is -4.62. The summed E-state index contributed by atoms with van der Waals surface area (Å²) in [4.78, 5) is 9.38. The molecule has 1 aromatic carbocycles. The van der Waals surface area contributed by atoms with E-state index in [9.17, 15) is 10.4 Å². The van der Waals surface area contributed by atoms with E-state index in [2.05, 4.69) is 31.7 Å². The lowest BCUT2D eigenvalue weighted by molar-refractivity contribution is 0.299. The van der Waals surface area contributed by atoms with Crippen LogP contribution in [0, 0.1) is 25.2 Å². The number of hydrogen-bond donors (Lipinski definition) is 2. The molecule has 0 aliphatic rings. The van der Waals surface area contributed by atoms with Gasteiger partial charge in [-0.25, -0.2) is 14.6 Å². The number of aliphatic hydroxyl groups excluding tert-OH is 1. The SMILES string of the molecule is Cc1ccc(Nc2ccc3c(c2)ncn3-c2ccc(CCO)c(-n3nc(C#N)cc3C)n2)nn1. The highest BCUT2D eigenvalue weighted by Gasteiger charge is 2.15. The van der Waals surface area contributed by atoms with E-state index in [0.29, 0.717) is 29.6 Å². The summed E-state index contributed by atoms with van der Waals surface area (Å²) in [5.41, 5.74) is 5.29. The van der Waals surface area contributed by atoms with Gasteiger partial charge in [0.25, 0.3) is 0 Å². The molecule has 0 saturated carbocycles. The largest absolute Gasteiger partial charge is 0.396 e. The second-order valence-electron chi connectivity index (χ2n) is 7.82. The van der Waals surface area contributed by atoms with E-state index in [0.717, 1.165) is 33.7 Å². The lowest BCUT2D eigenvalue weighted by Crippen LogP contribution is -2.10. The normalized spacial score (nSPS) is 11.0. The standard InChI is InChI=1S/C24H21N9O/c1-15-3-7-22(30-29-15)27-18-5-6-21-20(12-18)26-14-32(21)23-8-4-17(9-10-34)24(28-23)33-16(2)11-19(13-25)31-33/h3-8,11-12,14,34H,9-10H2,1-2H3,(H,27,30). The number of hydrogen-bond acceptors (Lipinski definition) is 8. The van der Waals surface area contributed by atoms with Crippen LogP contribution in [-0.2, 0) is 6.42 Å². The Bertz CT molecular complexity index is 1530. The van der Waals surface area contributed by atoms with Crippen molar-refractivity contribution in [1.29, 1.82) is 5.26 Å². The van der Waals surface area contributed by atoms with Crippen LogP contribution in [0.1, 0.15) is 22.6 Å². The van der Waals surface area contributed by atoms with Crippen molar-refractivity contribution in [2.45, 2.75) is 20.3 Å². The third-order valence-electron chi connectivity index (χ3n) is 5.39. The van der Waals surface area contributed by atoms with E-state index in [-0.39, 0.29) is 6.61 Å². The molecule has 10 nitrogen and oxygen atoms in total. The van der Waals surface area contributed by atoms with Crippen LogP contribution in [-0.4, -0.2) is 46.2 Å². The Morgan fingerprint density at radius 1 is 1.06 bits per heavy atom. The van der Waals surface area contributed by atoms with E-state index in [1.165, 1.54) is 0 Å². The predicted octanol–water partition coefficient (Wildman–Crippen LogP) is 3.16. The van der Waals surface area contributed by atoms with Gasteiger partial charge in [-0.15, -0.1) is 5.10 Å². The summed E-state index contributed by atoms with van der Waals surface area (Å²) in [6, 6.07) is 17.2. The Kier molecular flexibility index (Phi) is 5.45. The molecule has 0 aliphatic carbocycles. The van der Waals surface area contributed by atoms with Crippen LogP contribution in [0.15, 0.2) is 54.9 Å². The van der Waals surface area contributed by atoms with Crippen LogP contribution in [0.25, 0.3) is 22.7 Å². The van der Waals surface area contributed by atoms with Gasteiger partial charge in [0.2, 0.25) is 0 Å². The van der Waals surface area contributed by atoms with Gasteiger partial charge in [0.1, 0.15) is 18.2 Å². The summed E-state index contributed by atoms with van der Waals surface area (Å²) in [5, 5.41) is 34.5. The van der Waals surface area contributed by atoms with E-state index in [1.54, 1.807) is 17.1 Å². The number of anilines is 2. The maximum absolute atomic E-state index is 9.51. The van der Waals surface area contributed by atoms with Gasteiger partial charge in [-0.2, -0.15) is 15.5 Å². The molecular weight excluding hydrogens is 430 g/mol. The monoisotopic (exact) mass is 451 g/mol. The maximum atomic E-state index is 9.51. The summed E-state index contributed by atoms with van der Waals surface area (Å²) in [5.74, 6) is 1.88. The molecule has 5 rings (SSSR count). The summed E-state index contributed by atoms with van der Waals surface area (Å²) < 4.78 is 3.53. The van der Waals surface area contributed by atoms with Crippen LogP contribution >= 0.6 is 0 Å². The molecule has 4 heterocycles. The van der Waals surface area contributed by atoms with Gasteiger partial charge in [-0.05, 0) is 68.3 Å². The van der Waals surface area contributed by atoms with Gasteiger partial charge in [-0.1, -0.05) is 6.07 Å². The van der Waals surface area contributed by atoms with E-state index in [1.807, 2.05) is 60.9 Å². The van der Waals surface area contributed by atoms with Crippen LogP contribution in [0.3, 0.4) is 0 Å². The number of imidazole rings is 1. The minimum Gasteiger partial charge on any atom is -0.396 e. The first-order chi connectivity index (χ1) is 16.6. The number of rotatable bonds is 6. The van der Waals surface area contributed by atoms with E-state index >= 15 is 0 Å². The highest BCUT2D eigenvalue weighted by atomic mass is 16.3. The fourth-order valence-corrected chi connectivity index (χ4v) is 3.73. The van der Waals surface area contributed by atoms with Crippen molar-refractivity contribution in [2.24, 2.45) is 0 Å². The van der Waals surface area contributed by atoms with Gasteiger partial charge in [0, 0.05) is 18.0 Å². The summed E-state index contributed by atoms with van der Waals surface area (Å²) >= 11 is 0. The van der Waals surface area contributed by atoms with E-state index in [4.69, 9.17) is 4.98 Å². The lowest BCUT2D eigenvalue weighted by Gasteiger charge is -2.12. The molecule has 2 N–H and O–H groups in total. The van der Waals surface area contributed by atoms with Crippen molar-refractivity contribution in [3.05, 3.63) is 77.5 Å². The van der Waals surface area contributed by atoms with Crippen LogP contribution in [0.2, 0.25) is 0 Å². The van der Waals surface area contributed by atoms with Gasteiger partial charge in [-0.3, -0.25) is 4.57 Å². The van der Waals surface area contributed by atoms with Crippen molar-refractivity contribution in [1.82, 2.24) is 34.5 Å². The minimum absolute atomic E-state index is 0.0193. The molecule has 5 aromatic rings. The molecule has 0 fully saturated rings. The second-order valence-corrected chi connectivity index (χ2v) is 7.82. The summed E-state index contributed by atoms with van der Waals surface area (Å²) in [7, 11) is 0. The van der Waals surface area contributed by atoms with Gasteiger partial charge >= 0.3 is 0 Å². The average molecular weight is 451 g/mol. The number of benzene rings is 1. The molecular formula is C24H21N9O. The lowest BCUT2D eigenvalue weighted by atomic mass is 10.2. The highest BCUT2D eigenvalue weighted by molar-refractivity contribution is 5.82. The molecule has 0 atom stereocenters. The molecule has 0 unspecified atom stereocenters. The zero-order valence-electron chi connectivity index (χ0n) is 18.6. The average Bonchev–Trinajstić information content (AvgIpc) is 3.44. The fourth-order valence-electron chi connectivity index (χ4n) is 3.73. The molecule has 0 saturated heterocycles. The zero-order chi connectivity index (χ0) is 23.7. The second kappa shape index (κ2) is 8.73. The van der Waals surface area contributed by atoms with Crippen molar-refractivity contribution in [3.8, 4) is 17.7 Å². The van der Waals surface area contributed by atoms with Gasteiger partial charge in [0.05, 0.1) is 16.7 Å². The fraction of sp³-hybridized carbons (Fsp3) is 0.167. The zero-order valence-corrected chi connectivity index (χ0v) is 18.6. The van der Waals surface area contributed by atoms with Crippen LogP contribution in [0.4, 0.5) is 11.5 Å². The van der Waals surface area contributed by atoms with Crippen molar-refractivity contribution in [2.75, 3.05) is 11.9 Å². The first-order valence-corrected chi connectivity index (χ1v) is 10.7. The van der Waals surface area contributed by atoms with Gasteiger partial charge in [0.15, 0.2) is 17.3 Å². The minimum atomic E-state index is -0.0193. The smallest absolute Gasteiger partial charge is 0.163 e. The molecule has 0 bridgehead atoms. The number of aromatic nitrogens is 7. The van der Waals surface area contributed by atoms with Crippen molar-refractivity contribution in [3.63, 3.8) is 0 Å². The summed E-state index contributed by atoms with van der Waals surface area (Å²) in [6.07, 6.45) is 2.14. The van der Waals surface area contributed by atoms with E-state index < -0.39 is 0 Å². The molecule has 4 aromatic heterocycles. The molecule has 0 amide bonds. The number of nitriles is 1. The molecule has 168 valence electrons.